The van der Waals surface area contributed by atoms with Crippen LogP contribution in [0.5, 0.6) is 5.75 Å². The average Bonchev–Trinajstić information content (AvgIpc) is 2.48. The molecule has 0 aliphatic rings. The number of rotatable bonds is 2. The van der Waals surface area contributed by atoms with Gasteiger partial charge in [-0.15, -0.1) is 0 Å². The first kappa shape index (κ1) is 11.3. The molecule has 0 radical (unpaired) electrons. The van der Waals surface area contributed by atoms with E-state index in [1.165, 1.54) is 18.7 Å². The van der Waals surface area contributed by atoms with Crippen molar-refractivity contribution in [3.8, 4) is 5.75 Å². The second-order valence-corrected chi connectivity index (χ2v) is 3.90. The Labute approximate surface area is 108 Å². The van der Waals surface area contributed by atoms with E-state index >= 15 is 0 Å². The Bertz CT molecular complexity index is 729. The molecule has 1 aromatic carbocycles. The van der Waals surface area contributed by atoms with Gasteiger partial charge >= 0.3 is 5.97 Å². The van der Waals surface area contributed by atoms with Crippen LogP contribution in [0, 0.1) is 0 Å². The Morgan fingerprint density at radius 1 is 0.947 bits per heavy atom. The van der Waals surface area contributed by atoms with Crippen LogP contribution in [0.2, 0.25) is 0 Å². The highest BCUT2D eigenvalue weighted by atomic mass is 16.5. The summed E-state index contributed by atoms with van der Waals surface area (Å²) in [5.41, 5.74) is 0.317. The van der Waals surface area contributed by atoms with Gasteiger partial charge in [0.25, 0.3) is 0 Å². The lowest BCUT2D eigenvalue weighted by Gasteiger charge is -2.04. The number of ether oxygens (including phenoxy) is 1. The van der Waals surface area contributed by atoms with Crippen LogP contribution in [-0.4, -0.2) is 20.9 Å². The molecule has 0 saturated carbocycles. The molecule has 3 aromatic rings. The van der Waals surface area contributed by atoms with Crippen molar-refractivity contribution in [2.24, 2.45) is 0 Å². The standard InChI is InChI=1S/C14H9N3O2/c18-14(12-7-16-9-17-8-12)19-13-2-1-11-6-15-4-3-10(11)5-13/h1-9H. The molecular weight excluding hydrogens is 242 g/mol. The zero-order chi connectivity index (χ0) is 13.1. The van der Waals surface area contributed by atoms with Crippen LogP contribution in [0.3, 0.4) is 0 Å². The summed E-state index contributed by atoms with van der Waals surface area (Å²) >= 11 is 0. The molecule has 0 saturated heterocycles. The van der Waals surface area contributed by atoms with Crippen molar-refractivity contribution in [1.29, 1.82) is 0 Å². The molecule has 0 atom stereocenters. The molecule has 3 rings (SSSR count). The number of hydrogen-bond donors (Lipinski definition) is 0. The maximum absolute atomic E-state index is 11.8. The van der Waals surface area contributed by atoms with E-state index < -0.39 is 5.97 Å². The molecule has 0 aliphatic carbocycles. The number of hydrogen-bond acceptors (Lipinski definition) is 5. The van der Waals surface area contributed by atoms with E-state index in [2.05, 4.69) is 15.0 Å². The Morgan fingerprint density at radius 3 is 2.63 bits per heavy atom. The van der Waals surface area contributed by atoms with Gasteiger partial charge in [0, 0.05) is 30.2 Å². The third-order valence-corrected chi connectivity index (χ3v) is 2.62. The summed E-state index contributed by atoms with van der Waals surface area (Å²) in [6.07, 6.45) is 7.64. The summed E-state index contributed by atoms with van der Waals surface area (Å²) in [5.74, 6) is 0.00144. The Balaban J connectivity index is 1.87. The van der Waals surface area contributed by atoms with Gasteiger partial charge in [0.2, 0.25) is 0 Å². The lowest BCUT2D eigenvalue weighted by Crippen LogP contribution is -2.09. The number of fused-ring (bicyclic) bond motifs is 1. The van der Waals surface area contributed by atoms with Crippen molar-refractivity contribution in [3.63, 3.8) is 0 Å². The van der Waals surface area contributed by atoms with Crippen LogP contribution in [0.15, 0.2) is 55.4 Å². The number of esters is 1. The molecule has 2 heterocycles. The Hall–Kier alpha value is -2.82. The topological polar surface area (TPSA) is 65.0 Å². The number of pyridine rings is 1. The molecule has 19 heavy (non-hydrogen) atoms. The fourth-order valence-electron chi connectivity index (χ4n) is 1.70. The van der Waals surface area contributed by atoms with E-state index in [0.717, 1.165) is 10.8 Å². The lowest BCUT2D eigenvalue weighted by atomic mass is 10.2. The first-order valence-corrected chi connectivity index (χ1v) is 5.64. The molecule has 0 aliphatic heterocycles. The predicted molar refractivity (Wildman–Crippen MR) is 68.7 cm³/mol. The van der Waals surface area contributed by atoms with Crippen LogP contribution in [0.4, 0.5) is 0 Å². The second kappa shape index (κ2) is 4.81. The number of aromatic nitrogens is 3. The molecule has 0 bridgehead atoms. The molecule has 0 amide bonds. The fourth-order valence-corrected chi connectivity index (χ4v) is 1.70. The Kier molecular flexibility index (Phi) is 2.86. The zero-order valence-electron chi connectivity index (χ0n) is 9.85. The molecule has 92 valence electrons. The molecule has 0 unspecified atom stereocenters. The molecule has 0 spiro atoms. The highest BCUT2D eigenvalue weighted by Gasteiger charge is 2.09. The van der Waals surface area contributed by atoms with Gasteiger partial charge < -0.3 is 4.74 Å². The van der Waals surface area contributed by atoms with Crippen molar-refractivity contribution < 1.29 is 9.53 Å². The average molecular weight is 251 g/mol. The van der Waals surface area contributed by atoms with Crippen molar-refractivity contribution in [3.05, 3.63) is 60.9 Å². The quantitative estimate of drug-likeness (QED) is 0.516. The van der Waals surface area contributed by atoms with E-state index in [1.54, 1.807) is 24.5 Å². The van der Waals surface area contributed by atoms with Crippen LogP contribution in [0.1, 0.15) is 10.4 Å². The maximum atomic E-state index is 11.8. The van der Waals surface area contributed by atoms with Crippen molar-refractivity contribution in [2.75, 3.05) is 0 Å². The highest BCUT2D eigenvalue weighted by molar-refractivity contribution is 5.91. The van der Waals surface area contributed by atoms with Crippen molar-refractivity contribution >= 4 is 16.7 Å². The minimum atomic E-state index is -0.478. The van der Waals surface area contributed by atoms with Gasteiger partial charge in [-0.1, -0.05) is 0 Å². The van der Waals surface area contributed by atoms with Gasteiger partial charge in [-0.2, -0.15) is 0 Å². The molecular formula is C14H9N3O2. The van der Waals surface area contributed by atoms with Crippen molar-refractivity contribution in [2.45, 2.75) is 0 Å². The SMILES string of the molecule is O=C(Oc1ccc2cnccc2c1)c1cncnc1. The van der Waals surface area contributed by atoms with E-state index in [-0.39, 0.29) is 0 Å². The summed E-state index contributed by atoms with van der Waals surface area (Å²) in [7, 11) is 0. The highest BCUT2D eigenvalue weighted by Crippen LogP contribution is 2.20. The second-order valence-electron chi connectivity index (χ2n) is 3.90. The van der Waals surface area contributed by atoms with Gasteiger partial charge in [0.05, 0.1) is 5.56 Å². The summed E-state index contributed by atoms with van der Waals surface area (Å²) in [4.78, 5) is 23.4. The zero-order valence-corrected chi connectivity index (χ0v) is 9.85. The van der Waals surface area contributed by atoms with E-state index in [4.69, 9.17) is 4.74 Å². The van der Waals surface area contributed by atoms with Crippen LogP contribution in [-0.2, 0) is 0 Å². The summed E-state index contributed by atoms with van der Waals surface area (Å²) in [5, 5.41) is 1.95. The predicted octanol–water partition coefficient (Wildman–Crippen LogP) is 2.24. The minimum absolute atomic E-state index is 0.317. The van der Waals surface area contributed by atoms with E-state index in [9.17, 15) is 4.79 Å². The van der Waals surface area contributed by atoms with Crippen LogP contribution in [0.25, 0.3) is 10.8 Å². The van der Waals surface area contributed by atoms with Crippen LogP contribution < -0.4 is 4.74 Å². The smallest absolute Gasteiger partial charge is 0.346 e. The van der Waals surface area contributed by atoms with Gasteiger partial charge in [0.15, 0.2) is 0 Å². The summed E-state index contributed by atoms with van der Waals surface area (Å²) in [6, 6.07) is 7.23. The minimum Gasteiger partial charge on any atom is -0.423 e. The summed E-state index contributed by atoms with van der Waals surface area (Å²) in [6.45, 7) is 0. The molecule has 0 fully saturated rings. The molecule has 5 heteroatoms. The van der Waals surface area contributed by atoms with Gasteiger partial charge in [0.1, 0.15) is 12.1 Å². The summed E-state index contributed by atoms with van der Waals surface area (Å²) < 4.78 is 5.27. The first-order chi connectivity index (χ1) is 9.33. The van der Waals surface area contributed by atoms with Crippen LogP contribution >= 0.6 is 0 Å². The number of carbonyl (C=O) groups excluding carboxylic acids is 1. The largest absolute Gasteiger partial charge is 0.423 e. The lowest BCUT2D eigenvalue weighted by molar-refractivity contribution is 0.0734. The number of nitrogens with zero attached hydrogens (tertiary/aromatic N) is 3. The molecule has 2 aromatic heterocycles. The fraction of sp³-hybridized carbons (Fsp3) is 0. The molecule has 5 nitrogen and oxygen atoms in total. The first-order valence-electron chi connectivity index (χ1n) is 5.64. The van der Waals surface area contributed by atoms with E-state index in [0.29, 0.717) is 11.3 Å². The van der Waals surface area contributed by atoms with E-state index in [1.807, 2.05) is 12.1 Å². The normalized spacial score (nSPS) is 10.3. The van der Waals surface area contributed by atoms with Gasteiger partial charge in [-0.3, -0.25) is 4.98 Å². The van der Waals surface area contributed by atoms with Gasteiger partial charge in [-0.05, 0) is 29.7 Å². The third-order valence-electron chi connectivity index (χ3n) is 2.62. The Morgan fingerprint density at radius 2 is 1.79 bits per heavy atom. The number of benzene rings is 1. The maximum Gasteiger partial charge on any atom is 0.346 e. The monoisotopic (exact) mass is 251 g/mol. The number of carbonyl (C=O) groups is 1. The van der Waals surface area contributed by atoms with Crippen molar-refractivity contribution in [1.82, 2.24) is 15.0 Å². The molecule has 0 N–H and O–H groups in total. The van der Waals surface area contributed by atoms with Gasteiger partial charge in [-0.25, -0.2) is 14.8 Å². The third kappa shape index (κ3) is 2.40.